The molecule has 0 aromatic carbocycles. The number of nitrogens with two attached hydrogens (primary N) is 2. The highest BCUT2D eigenvalue weighted by atomic mass is 16.4. The van der Waals surface area contributed by atoms with Crippen molar-refractivity contribution in [2.24, 2.45) is 11.5 Å². The van der Waals surface area contributed by atoms with Crippen molar-refractivity contribution < 1.29 is 49.2 Å². The lowest BCUT2D eigenvalue weighted by molar-refractivity contribution is -0.158. The van der Waals surface area contributed by atoms with Crippen LogP contribution in [0.25, 0.3) is 0 Å². The monoisotopic (exact) mass is 420 g/mol. The Kier molecular flexibility index (Phi) is 10.9. The molecule has 3 atom stereocenters. The molecule has 0 fully saturated rings. The fourth-order valence-electron chi connectivity index (χ4n) is 2.21. The molecule has 0 radical (unpaired) electrons. The van der Waals surface area contributed by atoms with Crippen molar-refractivity contribution in [1.29, 1.82) is 0 Å². The largest absolute Gasteiger partial charge is 0.481 e. The van der Waals surface area contributed by atoms with Crippen molar-refractivity contribution in [3.63, 3.8) is 0 Å². The minimum atomic E-state index is -1.77. The minimum Gasteiger partial charge on any atom is -0.481 e. The number of hydrogen-bond donors (Lipinski definition) is 7. The molecule has 164 valence electrons. The molecule has 0 saturated carbocycles. The summed E-state index contributed by atoms with van der Waals surface area (Å²) in [6, 6.07) is -4.93. The van der Waals surface area contributed by atoms with Gasteiger partial charge < -0.3 is 31.9 Å². The quantitative estimate of drug-likeness (QED) is 0.136. The Balaban J connectivity index is 5.73. The van der Waals surface area contributed by atoms with Gasteiger partial charge in [-0.25, -0.2) is 10.2 Å². The number of rotatable bonds is 15. The fraction of sp³-hybridized carbons (Fsp3) is 0.600. The van der Waals surface area contributed by atoms with Crippen LogP contribution < -0.4 is 16.9 Å². The fourth-order valence-corrected chi connectivity index (χ4v) is 2.21. The standard InChI is InChI=1S/C15H24N4O10/c16-7(1-5-11(21)22)13(25)19(9(15(28)29)3-4-10(17)20)18-8(14(26)27)2-6-12(23)24/h7-9,18H,1-6,16H2,(H2,17,20)(H,21,22)(H,23,24)(H,26,27)(H,28,29)/t7-,8-,9-/m0/s1. The first-order valence-corrected chi connectivity index (χ1v) is 8.39. The predicted octanol–water partition coefficient (Wildman–Crippen LogP) is -2.45. The van der Waals surface area contributed by atoms with Gasteiger partial charge in [0.15, 0.2) is 0 Å². The molecule has 0 saturated heterocycles. The molecule has 0 aromatic rings. The highest BCUT2D eigenvalue weighted by molar-refractivity contribution is 5.88. The molecule has 29 heavy (non-hydrogen) atoms. The average Bonchev–Trinajstić information content (AvgIpc) is 2.59. The van der Waals surface area contributed by atoms with E-state index in [4.69, 9.17) is 21.7 Å². The SMILES string of the molecule is NC(=O)CC[C@@H](C(=O)O)N(N[C@@H](CCC(=O)O)C(=O)O)C(=O)[C@@H](N)CCC(=O)O. The highest BCUT2D eigenvalue weighted by Crippen LogP contribution is 2.12. The summed E-state index contributed by atoms with van der Waals surface area (Å²) >= 11 is 0. The summed E-state index contributed by atoms with van der Waals surface area (Å²) in [5, 5.41) is 36.5. The van der Waals surface area contributed by atoms with Gasteiger partial charge in [-0.2, -0.15) is 0 Å². The second kappa shape index (κ2) is 12.2. The smallest absolute Gasteiger partial charge is 0.328 e. The molecular formula is C15H24N4O10. The van der Waals surface area contributed by atoms with Crippen LogP contribution in [0.2, 0.25) is 0 Å². The van der Waals surface area contributed by atoms with Crippen LogP contribution in [-0.4, -0.2) is 79.3 Å². The molecule has 0 rings (SSSR count). The van der Waals surface area contributed by atoms with Gasteiger partial charge in [0, 0.05) is 19.3 Å². The summed E-state index contributed by atoms with van der Waals surface area (Å²) in [5.41, 5.74) is 12.7. The van der Waals surface area contributed by atoms with Gasteiger partial charge in [0.1, 0.15) is 12.1 Å². The zero-order valence-corrected chi connectivity index (χ0v) is 15.3. The van der Waals surface area contributed by atoms with Crippen LogP contribution in [0.4, 0.5) is 0 Å². The molecule has 14 nitrogen and oxygen atoms in total. The maximum Gasteiger partial charge on any atom is 0.328 e. The Hall–Kier alpha value is -3.26. The van der Waals surface area contributed by atoms with Crippen LogP contribution >= 0.6 is 0 Å². The number of carbonyl (C=O) groups excluding carboxylic acids is 2. The van der Waals surface area contributed by atoms with E-state index in [0.717, 1.165) is 0 Å². The number of nitrogens with zero attached hydrogens (tertiary/aromatic N) is 1. The second-order valence-corrected chi connectivity index (χ2v) is 6.06. The number of hydrazine groups is 1. The van der Waals surface area contributed by atoms with Crippen LogP contribution in [-0.2, 0) is 28.8 Å². The zero-order chi connectivity index (χ0) is 22.7. The van der Waals surface area contributed by atoms with E-state index in [1.165, 1.54) is 0 Å². The molecule has 14 heteroatoms. The van der Waals surface area contributed by atoms with E-state index in [1.807, 2.05) is 0 Å². The first-order chi connectivity index (χ1) is 13.4. The zero-order valence-electron chi connectivity index (χ0n) is 15.3. The van der Waals surface area contributed by atoms with Crippen molar-refractivity contribution in [2.45, 2.75) is 56.7 Å². The van der Waals surface area contributed by atoms with Gasteiger partial charge in [-0.15, -0.1) is 0 Å². The number of nitrogens with one attached hydrogen (secondary N) is 1. The maximum atomic E-state index is 12.6. The van der Waals surface area contributed by atoms with Gasteiger partial charge in [-0.1, -0.05) is 0 Å². The van der Waals surface area contributed by atoms with E-state index in [0.29, 0.717) is 5.01 Å². The minimum absolute atomic E-state index is 0.374. The van der Waals surface area contributed by atoms with Crippen LogP contribution in [0.5, 0.6) is 0 Å². The van der Waals surface area contributed by atoms with Crippen LogP contribution in [0, 0.1) is 0 Å². The number of carboxylic acids is 4. The number of aliphatic carboxylic acids is 4. The molecule has 0 heterocycles. The summed E-state index contributed by atoms with van der Waals surface area (Å²) in [4.78, 5) is 67.9. The second-order valence-electron chi connectivity index (χ2n) is 6.06. The van der Waals surface area contributed by atoms with E-state index in [-0.39, 0.29) is 6.42 Å². The molecule has 0 aliphatic heterocycles. The number of carbonyl (C=O) groups is 6. The Labute approximate surface area is 164 Å². The van der Waals surface area contributed by atoms with Crippen molar-refractivity contribution in [3.05, 3.63) is 0 Å². The summed E-state index contributed by atoms with van der Waals surface area (Å²) in [6.45, 7) is 0. The summed E-state index contributed by atoms with van der Waals surface area (Å²) in [7, 11) is 0. The van der Waals surface area contributed by atoms with Gasteiger partial charge in [-0.3, -0.25) is 29.0 Å². The number of hydrogen-bond acceptors (Lipinski definition) is 8. The third-order valence-electron chi connectivity index (χ3n) is 3.72. The number of amides is 2. The van der Waals surface area contributed by atoms with Gasteiger partial charge >= 0.3 is 23.9 Å². The van der Waals surface area contributed by atoms with Gasteiger partial charge in [0.05, 0.1) is 6.04 Å². The normalized spacial score (nSPS) is 13.7. The Morgan fingerprint density at radius 3 is 1.72 bits per heavy atom. The number of primary amides is 1. The van der Waals surface area contributed by atoms with E-state index in [2.05, 4.69) is 5.43 Å². The van der Waals surface area contributed by atoms with E-state index in [9.17, 15) is 39.0 Å². The molecule has 9 N–H and O–H groups in total. The van der Waals surface area contributed by atoms with Crippen LogP contribution in [0.15, 0.2) is 0 Å². The van der Waals surface area contributed by atoms with Gasteiger partial charge in [0.25, 0.3) is 5.91 Å². The Morgan fingerprint density at radius 1 is 0.793 bits per heavy atom. The van der Waals surface area contributed by atoms with E-state index in [1.54, 1.807) is 0 Å². The van der Waals surface area contributed by atoms with Crippen molar-refractivity contribution in [2.75, 3.05) is 0 Å². The topological polar surface area (TPSA) is 251 Å². The summed E-state index contributed by atoms with van der Waals surface area (Å²) in [5.74, 6) is -7.77. The maximum absolute atomic E-state index is 12.6. The van der Waals surface area contributed by atoms with E-state index < -0.39 is 85.9 Å². The first-order valence-electron chi connectivity index (χ1n) is 8.39. The first kappa shape index (κ1) is 25.7. The Morgan fingerprint density at radius 2 is 1.31 bits per heavy atom. The summed E-state index contributed by atoms with van der Waals surface area (Å²) in [6.07, 6.45) is -2.93. The van der Waals surface area contributed by atoms with Crippen molar-refractivity contribution >= 4 is 35.7 Å². The molecule has 0 bridgehead atoms. The van der Waals surface area contributed by atoms with Crippen LogP contribution in [0.1, 0.15) is 38.5 Å². The number of carboxylic acid groups (broad SMARTS) is 4. The van der Waals surface area contributed by atoms with Gasteiger partial charge in [0.2, 0.25) is 5.91 Å². The lowest BCUT2D eigenvalue weighted by Crippen LogP contribution is -2.61. The average molecular weight is 420 g/mol. The van der Waals surface area contributed by atoms with Crippen LogP contribution in [0.3, 0.4) is 0 Å². The predicted molar refractivity (Wildman–Crippen MR) is 93.0 cm³/mol. The lowest BCUT2D eigenvalue weighted by Gasteiger charge is -2.33. The Bertz CT molecular complexity index is 653. The third-order valence-corrected chi connectivity index (χ3v) is 3.72. The summed E-state index contributed by atoms with van der Waals surface area (Å²) < 4.78 is 0. The lowest BCUT2D eigenvalue weighted by atomic mass is 10.1. The van der Waals surface area contributed by atoms with Crippen molar-refractivity contribution in [1.82, 2.24) is 10.4 Å². The molecule has 0 unspecified atom stereocenters. The molecule has 0 spiro atoms. The molecule has 0 aliphatic carbocycles. The molecule has 0 aliphatic rings. The third kappa shape index (κ3) is 10.0. The highest BCUT2D eigenvalue weighted by Gasteiger charge is 2.36. The van der Waals surface area contributed by atoms with Crippen molar-refractivity contribution in [3.8, 4) is 0 Å². The molecular weight excluding hydrogens is 396 g/mol. The van der Waals surface area contributed by atoms with Gasteiger partial charge in [-0.05, 0) is 19.3 Å². The van der Waals surface area contributed by atoms with E-state index >= 15 is 0 Å². The molecule has 0 aromatic heterocycles. The molecule has 2 amide bonds.